The van der Waals surface area contributed by atoms with E-state index in [0.717, 1.165) is 19.5 Å². The van der Waals surface area contributed by atoms with E-state index in [-0.39, 0.29) is 10.5 Å². The number of aromatic nitrogens is 1. The van der Waals surface area contributed by atoms with Crippen molar-refractivity contribution in [3.63, 3.8) is 0 Å². The maximum absolute atomic E-state index is 12.3. The summed E-state index contributed by atoms with van der Waals surface area (Å²) in [6, 6.07) is 4.34. The van der Waals surface area contributed by atoms with Gasteiger partial charge in [0.05, 0.1) is 10.4 Å². The molecule has 0 aliphatic carbocycles. The number of hydrogen-bond acceptors (Lipinski definition) is 5. The molecule has 114 valence electrons. The molecule has 0 amide bonds. The second kappa shape index (κ2) is 5.28. The third-order valence-corrected chi connectivity index (χ3v) is 5.17. The van der Waals surface area contributed by atoms with Crippen molar-refractivity contribution in [1.82, 2.24) is 14.6 Å². The van der Waals surface area contributed by atoms with Crippen LogP contribution in [0.25, 0.3) is 11.1 Å². The van der Waals surface area contributed by atoms with Gasteiger partial charge in [0.25, 0.3) is 0 Å². The zero-order valence-electron chi connectivity index (χ0n) is 11.6. The molecule has 1 aromatic carbocycles. The Balaban J connectivity index is 1.77. The largest absolute Gasteiger partial charge is 0.417 e. The lowest BCUT2D eigenvalue weighted by molar-refractivity contribution is 0.394. The first kappa shape index (κ1) is 14.3. The highest BCUT2D eigenvalue weighted by atomic mass is 32.2. The molecular formula is C13H17N3O4S. The Hall–Kier alpha value is -1.64. The first-order valence-electron chi connectivity index (χ1n) is 6.75. The van der Waals surface area contributed by atoms with Gasteiger partial charge in [-0.2, -0.15) is 0 Å². The normalized spacial score (nSPS) is 20.3. The third-order valence-electron chi connectivity index (χ3n) is 3.75. The molecule has 1 aliphatic heterocycles. The Morgan fingerprint density at radius 1 is 1.48 bits per heavy atom. The van der Waals surface area contributed by atoms with Crippen molar-refractivity contribution in [3.05, 3.63) is 28.7 Å². The van der Waals surface area contributed by atoms with Gasteiger partial charge in [-0.05, 0) is 38.1 Å². The van der Waals surface area contributed by atoms with E-state index >= 15 is 0 Å². The van der Waals surface area contributed by atoms with Crippen molar-refractivity contribution < 1.29 is 12.8 Å². The smallest absolute Gasteiger partial charge is 0.408 e. The van der Waals surface area contributed by atoms with Crippen molar-refractivity contribution in [2.45, 2.75) is 11.3 Å². The molecule has 1 saturated heterocycles. The molecule has 1 atom stereocenters. The van der Waals surface area contributed by atoms with Crippen LogP contribution in [-0.4, -0.2) is 45.0 Å². The summed E-state index contributed by atoms with van der Waals surface area (Å²) in [4.78, 5) is 15.8. The fourth-order valence-corrected chi connectivity index (χ4v) is 3.73. The molecule has 0 bridgehead atoms. The summed E-state index contributed by atoms with van der Waals surface area (Å²) in [5, 5.41) is 0. The molecule has 0 spiro atoms. The Kier molecular flexibility index (Phi) is 3.60. The van der Waals surface area contributed by atoms with Crippen LogP contribution >= 0.6 is 0 Å². The molecule has 1 unspecified atom stereocenters. The van der Waals surface area contributed by atoms with E-state index in [0.29, 0.717) is 18.0 Å². The van der Waals surface area contributed by atoms with Crippen LogP contribution in [0.2, 0.25) is 0 Å². The van der Waals surface area contributed by atoms with E-state index in [9.17, 15) is 13.2 Å². The average molecular weight is 311 g/mol. The zero-order valence-corrected chi connectivity index (χ0v) is 12.4. The highest BCUT2D eigenvalue weighted by Gasteiger charge is 2.22. The topological polar surface area (TPSA) is 95.4 Å². The fourth-order valence-electron chi connectivity index (χ4n) is 2.60. The molecule has 1 aromatic heterocycles. The number of fused-ring (bicyclic) bond motifs is 1. The van der Waals surface area contributed by atoms with Crippen LogP contribution in [0.3, 0.4) is 0 Å². The minimum atomic E-state index is -3.59. The summed E-state index contributed by atoms with van der Waals surface area (Å²) in [7, 11) is -1.57. The SMILES string of the molecule is CN1CCC(CNS(=O)(=O)c2ccc3[nH]c(=O)oc3c2)C1. The maximum atomic E-state index is 12.3. The van der Waals surface area contributed by atoms with Gasteiger partial charge in [0.2, 0.25) is 10.0 Å². The van der Waals surface area contributed by atoms with Crippen molar-refractivity contribution >= 4 is 21.1 Å². The first-order valence-corrected chi connectivity index (χ1v) is 8.23. The summed E-state index contributed by atoms with van der Waals surface area (Å²) in [6.07, 6.45) is 0.991. The van der Waals surface area contributed by atoms with E-state index in [1.54, 1.807) is 0 Å². The molecule has 3 rings (SSSR count). The number of H-pyrrole nitrogens is 1. The van der Waals surface area contributed by atoms with Crippen LogP contribution < -0.4 is 10.5 Å². The molecule has 21 heavy (non-hydrogen) atoms. The van der Waals surface area contributed by atoms with Gasteiger partial charge in [-0.25, -0.2) is 17.9 Å². The molecule has 1 fully saturated rings. The Morgan fingerprint density at radius 2 is 2.29 bits per heavy atom. The third kappa shape index (κ3) is 3.02. The predicted molar refractivity (Wildman–Crippen MR) is 77.6 cm³/mol. The molecule has 1 aliphatic rings. The summed E-state index contributed by atoms with van der Waals surface area (Å²) in [6.45, 7) is 2.31. The van der Waals surface area contributed by atoms with E-state index in [1.165, 1.54) is 18.2 Å². The molecule has 2 heterocycles. The van der Waals surface area contributed by atoms with Crippen molar-refractivity contribution in [2.75, 3.05) is 26.7 Å². The minimum Gasteiger partial charge on any atom is -0.408 e. The zero-order chi connectivity index (χ0) is 15.0. The quantitative estimate of drug-likeness (QED) is 0.849. The molecule has 8 heteroatoms. The van der Waals surface area contributed by atoms with Crippen LogP contribution in [-0.2, 0) is 10.0 Å². The molecule has 0 radical (unpaired) electrons. The number of sulfonamides is 1. The predicted octanol–water partition coefficient (Wildman–Crippen LogP) is 0.351. The van der Waals surface area contributed by atoms with Crippen LogP contribution in [0.4, 0.5) is 0 Å². The summed E-state index contributed by atoms with van der Waals surface area (Å²) < 4.78 is 32.0. The summed E-state index contributed by atoms with van der Waals surface area (Å²) in [5.41, 5.74) is 0.722. The monoisotopic (exact) mass is 311 g/mol. The van der Waals surface area contributed by atoms with Gasteiger partial charge >= 0.3 is 5.76 Å². The standard InChI is InChI=1S/C13H17N3O4S/c1-16-5-4-9(8-16)7-14-21(18,19)10-2-3-11-12(6-10)20-13(17)15-11/h2-3,6,9,14H,4-5,7-8H2,1H3,(H,15,17). The molecule has 0 saturated carbocycles. The number of benzene rings is 1. The van der Waals surface area contributed by atoms with E-state index < -0.39 is 15.8 Å². The van der Waals surface area contributed by atoms with E-state index in [1.807, 2.05) is 7.05 Å². The Morgan fingerprint density at radius 3 is 3.00 bits per heavy atom. The van der Waals surface area contributed by atoms with Gasteiger partial charge < -0.3 is 9.32 Å². The second-order valence-electron chi connectivity index (χ2n) is 5.44. The lowest BCUT2D eigenvalue weighted by atomic mass is 10.1. The van der Waals surface area contributed by atoms with Crippen LogP contribution in [0, 0.1) is 5.92 Å². The first-order chi connectivity index (χ1) is 9.94. The number of oxazole rings is 1. The van der Waals surface area contributed by atoms with Crippen LogP contribution in [0.1, 0.15) is 6.42 Å². The highest BCUT2D eigenvalue weighted by Crippen LogP contribution is 2.18. The number of rotatable bonds is 4. The van der Waals surface area contributed by atoms with Crippen molar-refractivity contribution in [3.8, 4) is 0 Å². The van der Waals surface area contributed by atoms with Crippen molar-refractivity contribution in [2.24, 2.45) is 5.92 Å². The average Bonchev–Trinajstić information content (AvgIpc) is 3.00. The second-order valence-corrected chi connectivity index (χ2v) is 7.21. The number of likely N-dealkylation sites (tertiary alicyclic amines) is 1. The van der Waals surface area contributed by atoms with Gasteiger partial charge in [0.15, 0.2) is 5.58 Å². The Labute approximate surface area is 122 Å². The van der Waals surface area contributed by atoms with Gasteiger partial charge in [-0.15, -0.1) is 0 Å². The van der Waals surface area contributed by atoms with Gasteiger partial charge in [-0.3, -0.25) is 4.98 Å². The van der Waals surface area contributed by atoms with Gasteiger partial charge in [-0.1, -0.05) is 0 Å². The number of nitrogens with one attached hydrogen (secondary N) is 2. The van der Waals surface area contributed by atoms with E-state index in [4.69, 9.17) is 4.42 Å². The summed E-state index contributed by atoms with van der Waals surface area (Å²) in [5.74, 6) is -0.264. The summed E-state index contributed by atoms with van der Waals surface area (Å²) >= 11 is 0. The number of aromatic amines is 1. The van der Waals surface area contributed by atoms with Gasteiger partial charge in [0.1, 0.15) is 0 Å². The Bertz CT molecular complexity index is 808. The van der Waals surface area contributed by atoms with Crippen LogP contribution in [0.15, 0.2) is 32.3 Å². The maximum Gasteiger partial charge on any atom is 0.417 e. The fraction of sp³-hybridized carbons (Fsp3) is 0.462. The number of nitrogens with zero attached hydrogens (tertiary/aromatic N) is 1. The highest BCUT2D eigenvalue weighted by molar-refractivity contribution is 7.89. The lowest BCUT2D eigenvalue weighted by Gasteiger charge is -2.12. The molecule has 7 nitrogen and oxygen atoms in total. The minimum absolute atomic E-state index is 0.101. The number of hydrogen-bond donors (Lipinski definition) is 2. The van der Waals surface area contributed by atoms with Crippen molar-refractivity contribution in [1.29, 1.82) is 0 Å². The molecule has 2 N–H and O–H groups in total. The van der Waals surface area contributed by atoms with E-state index in [2.05, 4.69) is 14.6 Å². The molecular weight excluding hydrogens is 294 g/mol. The van der Waals surface area contributed by atoms with Gasteiger partial charge in [0, 0.05) is 19.2 Å². The van der Waals surface area contributed by atoms with Crippen LogP contribution in [0.5, 0.6) is 0 Å². The lowest BCUT2D eigenvalue weighted by Crippen LogP contribution is -2.30. The molecule has 2 aromatic rings.